The maximum Gasteiger partial charge on any atom is 0.324 e. The van der Waals surface area contributed by atoms with Gasteiger partial charge in [0.25, 0.3) is 0 Å². The average Bonchev–Trinajstić information content (AvgIpc) is 3.53. The highest BCUT2D eigenvalue weighted by molar-refractivity contribution is 7.89. The molecule has 0 atom stereocenters. The Kier molecular flexibility index (Phi) is 6.90. The third kappa shape index (κ3) is 5.18. The Hall–Kier alpha value is -3.99. The summed E-state index contributed by atoms with van der Waals surface area (Å²) < 4.78 is 29.2. The van der Waals surface area contributed by atoms with Gasteiger partial charge in [0, 0.05) is 29.7 Å². The zero-order chi connectivity index (χ0) is 26.8. The monoisotopic (exact) mass is 557 g/mol. The first kappa shape index (κ1) is 25.3. The van der Waals surface area contributed by atoms with Gasteiger partial charge in [-0.2, -0.15) is 9.40 Å². The van der Waals surface area contributed by atoms with Gasteiger partial charge in [-0.3, -0.25) is 5.32 Å². The molecule has 2 amide bonds. The highest BCUT2D eigenvalue weighted by atomic mass is 32.2. The van der Waals surface area contributed by atoms with Crippen molar-refractivity contribution >= 4 is 48.3 Å². The largest absolute Gasteiger partial charge is 0.324 e. The van der Waals surface area contributed by atoms with Gasteiger partial charge in [-0.15, -0.1) is 0 Å². The fourth-order valence-corrected chi connectivity index (χ4v) is 7.31. The van der Waals surface area contributed by atoms with Gasteiger partial charge in [0.15, 0.2) is 0 Å². The number of hydrogen-bond acceptors (Lipinski definition) is 5. The van der Waals surface area contributed by atoms with E-state index in [-0.39, 0.29) is 4.90 Å². The lowest BCUT2D eigenvalue weighted by atomic mass is 10.1. The van der Waals surface area contributed by atoms with Gasteiger partial charge in [-0.1, -0.05) is 66.3 Å². The van der Waals surface area contributed by atoms with Crippen LogP contribution < -0.4 is 10.6 Å². The summed E-state index contributed by atoms with van der Waals surface area (Å²) in [4.78, 5) is 14.0. The number of urea groups is 1. The number of hydrogen-bond donors (Lipinski definition) is 2. The molecule has 6 rings (SSSR count). The van der Waals surface area contributed by atoms with Crippen LogP contribution in [-0.2, 0) is 10.0 Å². The number of carbonyl (C=O) groups is 1. The number of anilines is 2. The third-order valence-corrected chi connectivity index (χ3v) is 9.65. The van der Waals surface area contributed by atoms with Gasteiger partial charge in [-0.05, 0) is 55.3 Å². The molecular weight excluding hydrogens is 530 g/mol. The lowest BCUT2D eigenvalue weighted by Crippen LogP contribution is -2.35. The quantitative estimate of drug-likeness (QED) is 0.247. The number of carbonyl (C=O) groups excluding carboxylic acids is 1. The van der Waals surface area contributed by atoms with Crippen molar-refractivity contribution in [2.75, 3.05) is 23.7 Å². The molecule has 1 aliphatic heterocycles. The Balaban J connectivity index is 1.22. The lowest BCUT2D eigenvalue weighted by Gasteiger charge is -2.25. The molecule has 0 aliphatic carbocycles. The number of aromatic nitrogens is 2. The van der Waals surface area contributed by atoms with E-state index in [9.17, 15) is 13.2 Å². The number of rotatable bonds is 6. The summed E-state index contributed by atoms with van der Waals surface area (Å²) in [6.45, 7) is 1.10. The molecule has 0 unspecified atom stereocenters. The number of sulfonamides is 1. The van der Waals surface area contributed by atoms with Crippen LogP contribution in [-0.4, -0.2) is 41.6 Å². The minimum Gasteiger partial charge on any atom is -0.308 e. The number of piperidine rings is 1. The van der Waals surface area contributed by atoms with Crippen LogP contribution in [0.3, 0.4) is 0 Å². The molecule has 1 saturated heterocycles. The van der Waals surface area contributed by atoms with E-state index < -0.39 is 16.1 Å². The van der Waals surface area contributed by atoms with Crippen molar-refractivity contribution < 1.29 is 13.2 Å². The second-order valence-corrected chi connectivity index (χ2v) is 12.3. The van der Waals surface area contributed by atoms with Crippen LogP contribution in [0.15, 0.2) is 95.9 Å². The predicted molar refractivity (Wildman–Crippen MR) is 156 cm³/mol. The summed E-state index contributed by atoms with van der Waals surface area (Å²) in [6, 6.07) is 27.7. The second-order valence-electron chi connectivity index (χ2n) is 9.36. The molecule has 0 bridgehead atoms. The number of benzene rings is 3. The molecule has 1 fully saturated rings. The van der Waals surface area contributed by atoms with Crippen LogP contribution in [0.1, 0.15) is 19.3 Å². The molecule has 5 aromatic rings. The summed E-state index contributed by atoms with van der Waals surface area (Å²) in [6.07, 6.45) is 2.82. The molecule has 3 aromatic carbocycles. The first-order valence-electron chi connectivity index (χ1n) is 12.8. The Morgan fingerprint density at radius 1 is 0.821 bits per heavy atom. The zero-order valence-electron chi connectivity index (χ0n) is 21.1. The summed E-state index contributed by atoms with van der Waals surface area (Å²) in [5, 5.41) is 12.2. The van der Waals surface area contributed by atoms with E-state index in [2.05, 4.69) is 10.6 Å². The van der Waals surface area contributed by atoms with Crippen LogP contribution >= 0.6 is 11.3 Å². The summed E-state index contributed by atoms with van der Waals surface area (Å²) in [5.74, 6) is 0. The molecule has 0 radical (unpaired) electrons. The summed E-state index contributed by atoms with van der Waals surface area (Å²) in [7, 11) is -3.52. The summed E-state index contributed by atoms with van der Waals surface area (Å²) in [5.41, 5.74) is 3.27. The number of amides is 2. The van der Waals surface area contributed by atoms with Crippen LogP contribution in [0, 0.1) is 0 Å². The Bertz CT molecular complexity index is 1640. The first-order chi connectivity index (χ1) is 19.0. The molecule has 3 heterocycles. The fourth-order valence-electron chi connectivity index (χ4n) is 4.76. The number of nitrogens with one attached hydrogen (secondary N) is 2. The molecule has 10 heteroatoms. The predicted octanol–water partition coefficient (Wildman–Crippen LogP) is 6.57. The second kappa shape index (κ2) is 10.6. The number of nitrogens with zero attached hydrogens (tertiary/aromatic N) is 3. The molecule has 0 saturated carbocycles. The van der Waals surface area contributed by atoms with Crippen molar-refractivity contribution in [3.05, 3.63) is 91.0 Å². The van der Waals surface area contributed by atoms with E-state index in [0.29, 0.717) is 23.8 Å². The Morgan fingerprint density at radius 3 is 2.18 bits per heavy atom. The molecule has 1 aliphatic rings. The van der Waals surface area contributed by atoms with E-state index in [1.54, 1.807) is 24.3 Å². The zero-order valence-corrected chi connectivity index (χ0v) is 22.7. The highest BCUT2D eigenvalue weighted by Gasteiger charge is 2.26. The maximum atomic E-state index is 12.9. The molecule has 8 nitrogen and oxygen atoms in total. The van der Waals surface area contributed by atoms with Gasteiger partial charge in [0.2, 0.25) is 10.0 Å². The van der Waals surface area contributed by atoms with Crippen LogP contribution in [0.25, 0.3) is 27.2 Å². The lowest BCUT2D eigenvalue weighted by molar-refractivity contribution is 0.262. The topological polar surface area (TPSA) is 96.3 Å². The van der Waals surface area contributed by atoms with Crippen molar-refractivity contribution in [2.24, 2.45) is 0 Å². The van der Waals surface area contributed by atoms with E-state index in [1.165, 1.54) is 15.6 Å². The van der Waals surface area contributed by atoms with E-state index in [4.69, 9.17) is 5.10 Å². The Morgan fingerprint density at radius 2 is 1.49 bits per heavy atom. The van der Waals surface area contributed by atoms with E-state index >= 15 is 0 Å². The number of thiophene rings is 1. The van der Waals surface area contributed by atoms with Crippen LogP contribution in [0.5, 0.6) is 0 Å². The van der Waals surface area contributed by atoms with Crippen molar-refractivity contribution in [1.82, 2.24) is 14.1 Å². The van der Waals surface area contributed by atoms with Gasteiger partial charge >= 0.3 is 6.03 Å². The highest BCUT2D eigenvalue weighted by Crippen LogP contribution is 2.38. The fraction of sp³-hybridized carbons (Fsp3) is 0.172. The third-order valence-electron chi connectivity index (χ3n) is 6.71. The molecule has 39 heavy (non-hydrogen) atoms. The standard InChI is InChI=1S/C29H27N5O3S2/c35-29(30-22-14-16-24(17-15-22)39(36,37)33-18-8-3-9-19-33)31-26-20-25-27(21-10-4-1-5-11-21)32-34(28(25)38-26)23-12-6-2-7-13-23/h1-2,4-7,10-17,20H,3,8-9,18-19H2,(H2,30,31,35). The molecule has 198 valence electrons. The van der Waals surface area contributed by atoms with Gasteiger partial charge < -0.3 is 5.32 Å². The van der Waals surface area contributed by atoms with E-state index in [1.807, 2.05) is 71.4 Å². The van der Waals surface area contributed by atoms with E-state index in [0.717, 1.165) is 46.4 Å². The number of fused-ring (bicyclic) bond motifs is 1. The molecular formula is C29H27N5O3S2. The minimum absolute atomic E-state index is 0.235. The first-order valence-corrected chi connectivity index (χ1v) is 15.1. The molecule has 0 spiro atoms. The minimum atomic E-state index is -3.52. The average molecular weight is 558 g/mol. The van der Waals surface area contributed by atoms with Crippen molar-refractivity contribution in [1.29, 1.82) is 0 Å². The maximum absolute atomic E-state index is 12.9. The van der Waals surface area contributed by atoms with Crippen LogP contribution in [0.4, 0.5) is 15.5 Å². The van der Waals surface area contributed by atoms with Crippen molar-refractivity contribution in [2.45, 2.75) is 24.2 Å². The van der Waals surface area contributed by atoms with Crippen molar-refractivity contribution in [3.63, 3.8) is 0 Å². The molecule has 2 aromatic heterocycles. The SMILES string of the molecule is O=C(Nc1ccc(S(=O)(=O)N2CCCCC2)cc1)Nc1cc2c(-c3ccccc3)nn(-c3ccccc3)c2s1. The molecule has 2 N–H and O–H groups in total. The van der Waals surface area contributed by atoms with Gasteiger partial charge in [0.1, 0.15) is 10.5 Å². The van der Waals surface area contributed by atoms with Gasteiger partial charge in [0.05, 0.1) is 15.6 Å². The Labute approximate surface area is 230 Å². The number of para-hydroxylation sites is 1. The van der Waals surface area contributed by atoms with Gasteiger partial charge in [-0.25, -0.2) is 17.9 Å². The van der Waals surface area contributed by atoms with Crippen molar-refractivity contribution in [3.8, 4) is 16.9 Å². The smallest absolute Gasteiger partial charge is 0.308 e. The normalized spacial score (nSPS) is 14.4. The summed E-state index contributed by atoms with van der Waals surface area (Å²) >= 11 is 1.44. The van der Waals surface area contributed by atoms with Crippen LogP contribution in [0.2, 0.25) is 0 Å².